The fraction of sp³-hybridized carbons (Fsp3) is 0.441. The van der Waals surface area contributed by atoms with Crippen LogP contribution < -0.4 is 11.3 Å². The van der Waals surface area contributed by atoms with Gasteiger partial charge in [-0.05, 0) is 85.3 Å². The zero-order chi connectivity index (χ0) is 59.3. The minimum absolute atomic E-state index is 0. The molecule has 0 saturated carbocycles. The predicted octanol–water partition coefficient (Wildman–Crippen LogP) is 7.95. The molecule has 0 radical (unpaired) electrons. The number of carbonyl (C=O) groups is 6. The Morgan fingerprint density at radius 2 is 1.20 bits per heavy atom. The monoisotopic (exact) mass is 1140 g/mol. The quantitative estimate of drug-likeness (QED) is 0.0560. The summed E-state index contributed by atoms with van der Waals surface area (Å²) in [7, 11) is 3.68. The molecule has 2 saturated heterocycles. The molecule has 5 aromatic heterocycles. The highest BCUT2D eigenvalue weighted by Crippen LogP contribution is 2.33. The van der Waals surface area contributed by atoms with Gasteiger partial charge in [0.05, 0.1) is 30.9 Å². The van der Waals surface area contributed by atoms with Crippen LogP contribution in [0.15, 0.2) is 109 Å². The van der Waals surface area contributed by atoms with Crippen LogP contribution in [0.25, 0.3) is 27.9 Å². The first-order chi connectivity index (χ1) is 39.0. The molecule has 2 aliphatic rings. The maximum Gasteiger partial charge on any atom is 0.410 e. The summed E-state index contributed by atoms with van der Waals surface area (Å²) in [6.45, 7) is 12.7. The summed E-state index contributed by atoms with van der Waals surface area (Å²) in [5.41, 5.74) is 10.0. The Kier molecular flexibility index (Phi) is 21.3. The minimum atomic E-state index is -0.853. The number of ketones is 1. The molecule has 7 aromatic rings. The van der Waals surface area contributed by atoms with Crippen LogP contribution in [-0.4, -0.2) is 133 Å². The van der Waals surface area contributed by atoms with Crippen LogP contribution in [0.5, 0.6) is 0 Å². The summed E-state index contributed by atoms with van der Waals surface area (Å²) in [5.74, 6) is -2.22. The molecular formula is C59H76N12O12. The molecule has 2 amide bonds. The fourth-order valence-corrected chi connectivity index (χ4v) is 9.25. The number of nitrogen functional groups attached to an aromatic ring is 1. The summed E-state index contributed by atoms with van der Waals surface area (Å²) >= 11 is 0. The maximum absolute atomic E-state index is 13.3. The molecule has 83 heavy (non-hydrogen) atoms. The molecule has 4 N–H and O–H groups in total. The number of H-pyrrole nitrogens is 2. The lowest BCUT2D eigenvalue weighted by atomic mass is 9.88. The highest BCUT2D eigenvalue weighted by molar-refractivity contribution is 5.97. The second-order valence-electron chi connectivity index (χ2n) is 21.8. The van der Waals surface area contributed by atoms with Gasteiger partial charge in [-0.3, -0.25) is 43.7 Å². The van der Waals surface area contributed by atoms with E-state index < -0.39 is 59.3 Å². The van der Waals surface area contributed by atoms with E-state index in [4.69, 9.17) is 34.4 Å². The zero-order valence-corrected chi connectivity index (χ0v) is 47.7. The van der Waals surface area contributed by atoms with Crippen LogP contribution in [0.3, 0.4) is 0 Å². The van der Waals surface area contributed by atoms with Gasteiger partial charge in [0, 0.05) is 85.9 Å². The summed E-state index contributed by atoms with van der Waals surface area (Å²) in [6, 6.07) is 18.3. The number of carbonyl (C=O) groups excluding carboxylic acids is 6. The molecule has 9 rings (SSSR count). The Hall–Kier alpha value is -9.09. The number of likely N-dealkylation sites (tertiary alicyclic amines) is 2. The van der Waals surface area contributed by atoms with Crippen molar-refractivity contribution in [2.24, 2.45) is 20.0 Å². The number of anilines is 1. The number of nitrogens with one attached hydrogen (secondary N) is 2. The van der Waals surface area contributed by atoms with Gasteiger partial charge < -0.3 is 29.4 Å². The molecule has 0 unspecified atom stereocenters. The van der Waals surface area contributed by atoms with E-state index in [9.17, 15) is 33.6 Å². The number of piperidine rings is 2. The molecule has 0 aliphatic carbocycles. The van der Waals surface area contributed by atoms with E-state index in [1.54, 1.807) is 82.6 Å². The molecular weight excluding hydrogens is 1070 g/mol. The first-order valence-corrected chi connectivity index (χ1v) is 26.9. The normalized spacial score (nSPS) is 16.9. The van der Waals surface area contributed by atoms with Crippen LogP contribution in [0.4, 0.5) is 15.4 Å². The van der Waals surface area contributed by atoms with E-state index in [2.05, 4.69) is 25.5 Å². The second-order valence-corrected chi connectivity index (χ2v) is 21.8. The SMILES string of the molecule is C.CCOC(=O)CC(=O)[C@H]1CC[C@@H](C(=O)OC(C)(C)C)N(C(=O)OCc2ccccc2)C1.Cn1cc(-c2c[nH]n3c(=O)cc([C@H]4CC[C@@H](C(=O)OC(C)(C)C)N(C(=O)OCc5ccccc5)C4)nc23)cn1.Cn1cc(-c2cn[nH]c2N)cn1. The molecule has 2 fully saturated rings. The molecule has 24 heteroatoms. The topological polar surface area (TPSA) is 296 Å². The molecule has 444 valence electrons. The fourth-order valence-electron chi connectivity index (χ4n) is 9.25. The van der Waals surface area contributed by atoms with E-state index in [1.807, 2.05) is 87.2 Å². The van der Waals surface area contributed by atoms with Crippen molar-refractivity contribution in [1.82, 2.24) is 54.2 Å². The smallest absolute Gasteiger partial charge is 0.410 e. The van der Waals surface area contributed by atoms with Crippen LogP contribution in [0.2, 0.25) is 0 Å². The number of benzene rings is 2. The lowest BCUT2D eigenvalue weighted by Gasteiger charge is -2.38. The van der Waals surface area contributed by atoms with Crippen LogP contribution in [-0.2, 0) is 70.2 Å². The zero-order valence-electron chi connectivity index (χ0n) is 47.7. The number of fused-ring (bicyclic) bond motifs is 1. The number of hydrogen-bond donors (Lipinski definition) is 3. The number of aryl methyl sites for hydroxylation is 2. The first kappa shape index (κ1) is 63.1. The number of Topliss-reactive ketones (excluding diaryl/α,β-unsaturated/α-hetero) is 1. The van der Waals surface area contributed by atoms with Gasteiger partial charge in [-0.15, -0.1) is 0 Å². The van der Waals surface area contributed by atoms with Gasteiger partial charge in [0.1, 0.15) is 54.5 Å². The van der Waals surface area contributed by atoms with Gasteiger partial charge in [-0.1, -0.05) is 68.1 Å². The average molecular weight is 1150 g/mol. The van der Waals surface area contributed by atoms with E-state index in [0.29, 0.717) is 36.4 Å². The Balaban J connectivity index is 0.000000223. The molecule has 2 aliphatic heterocycles. The minimum Gasteiger partial charge on any atom is -0.466 e. The standard InChI is InChI=1S/C28H32N6O5.C23H31NO7.C7H9N5.CH4/c1-28(2,3)39-26(36)23-11-10-19(16-33(23)27(37)38-17-18-8-6-5-7-9-18)22-12-24(35)34-25(31-22)21(14-30-34)20-13-29-32(4)15-20;1-5-29-20(26)13-19(25)17-11-12-18(21(27)31-23(2,3)4)24(14-17)22(28)30-15-16-9-7-6-8-10-16;1-12-4-5(2-10-12)6-3-9-11-7(6)8;/h5-9,12-15,19,23,30H,10-11,16-17H2,1-4H3;6-10,17-18H,5,11-15H2,1-4H3;2-4H,1H3,(H3,8,9,11);1H4/t19-,23-;17-,18-;;/m00../s1. The molecule has 24 nitrogen and oxygen atoms in total. The summed E-state index contributed by atoms with van der Waals surface area (Å²) in [6.07, 6.45) is 10.4. The lowest BCUT2D eigenvalue weighted by molar-refractivity contribution is -0.164. The third-order valence-electron chi connectivity index (χ3n) is 13.1. The molecule has 2 aromatic carbocycles. The molecule has 4 atom stereocenters. The first-order valence-electron chi connectivity index (χ1n) is 26.9. The van der Waals surface area contributed by atoms with Gasteiger partial charge >= 0.3 is 30.1 Å². The van der Waals surface area contributed by atoms with Gasteiger partial charge in [0.25, 0.3) is 5.56 Å². The van der Waals surface area contributed by atoms with Crippen molar-refractivity contribution < 1.29 is 52.5 Å². The number of esters is 3. The number of aromatic nitrogens is 9. The summed E-state index contributed by atoms with van der Waals surface area (Å²) in [5, 5.41) is 17.7. The molecule has 0 spiro atoms. The van der Waals surface area contributed by atoms with Crippen molar-refractivity contribution in [3.8, 4) is 22.3 Å². The number of amides is 2. The number of aromatic amines is 2. The van der Waals surface area contributed by atoms with Crippen molar-refractivity contribution in [2.45, 2.75) is 130 Å². The van der Waals surface area contributed by atoms with E-state index >= 15 is 0 Å². The third kappa shape index (κ3) is 17.5. The van der Waals surface area contributed by atoms with E-state index in [-0.39, 0.29) is 70.4 Å². The van der Waals surface area contributed by atoms with Crippen molar-refractivity contribution in [2.75, 3.05) is 25.4 Å². The van der Waals surface area contributed by atoms with E-state index in [0.717, 1.165) is 33.4 Å². The largest absolute Gasteiger partial charge is 0.466 e. The van der Waals surface area contributed by atoms with Gasteiger partial charge in [0.15, 0.2) is 5.65 Å². The summed E-state index contributed by atoms with van der Waals surface area (Å²) < 4.78 is 31.7. The van der Waals surface area contributed by atoms with Crippen LogP contribution in [0, 0.1) is 5.92 Å². The molecule has 0 bridgehead atoms. The number of rotatable bonds is 13. The third-order valence-corrected chi connectivity index (χ3v) is 13.1. The van der Waals surface area contributed by atoms with Gasteiger partial charge in [0.2, 0.25) is 0 Å². The Labute approximate surface area is 481 Å². The Bertz CT molecular complexity index is 3370. The van der Waals surface area contributed by atoms with Crippen molar-refractivity contribution >= 4 is 47.3 Å². The Morgan fingerprint density at radius 3 is 1.69 bits per heavy atom. The van der Waals surface area contributed by atoms with E-state index in [1.165, 1.54) is 20.4 Å². The van der Waals surface area contributed by atoms with Gasteiger partial charge in [-0.2, -0.15) is 15.3 Å². The molecule has 7 heterocycles. The predicted molar refractivity (Wildman–Crippen MR) is 307 cm³/mol. The highest BCUT2D eigenvalue weighted by Gasteiger charge is 2.42. The van der Waals surface area contributed by atoms with Crippen LogP contribution >= 0.6 is 0 Å². The average Bonchev–Trinajstić information content (AvgIpc) is 3.19. The van der Waals surface area contributed by atoms with Crippen molar-refractivity contribution in [3.63, 3.8) is 0 Å². The number of nitrogens with zero attached hydrogens (tertiary/aromatic N) is 9. The number of nitrogens with two attached hydrogens (primary N) is 1. The summed E-state index contributed by atoms with van der Waals surface area (Å²) in [4.78, 5) is 96.6. The maximum atomic E-state index is 13.3. The number of hydrogen-bond acceptors (Lipinski definition) is 17. The van der Waals surface area contributed by atoms with Crippen molar-refractivity contribution in [1.29, 1.82) is 0 Å². The van der Waals surface area contributed by atoms with Crippen molar-refractivity contribution in [3.05, 3.63) is 131 Å². The van der Waals surface area contributed by atoms with Crippen LogP contribution in [0.1, 0.15) is 111 Å². The van der Waals surface area contributed by atoms with Gasteiger partial charge in [-0.25, -0.2) is 28.7 Å². The lowest BCUT2D eigenvalue weighted by Crippen LogP contribution is -2.53. The second kappa shape index (κ2) is 28.1. The number of ether oxygens (including phenoxy) is 5. The Morgan fingerprint density at radius 1 is 0.687 bits per heavy atom. The highest BCUT2D eigenvalue weighted by atomic mass is 16.6.